The van der Waals surface area contributed by atoms with Gasteiger partial charge in [-0.2, -0.15) is 0 Å². The van der Waals surface area contributed by atoms with E-state index < -0.39 is 27.8 Å². The molecule has 0 aromatic heterocycles. The van der Waals surface area contributed by atoms with Gasteiger partial charge in [-0.05, 0) is 66.6 Å². The van der Waals surface area contributed by atoms with Crippen molar-refractivity contribution in [3.63, 3.8) is 0 Å². The summed E-state index contributed by atoms with van der Waals surface area (Å²) >= 11 is 3.41. The minimum absolute atomic E-state index is 0.0857. The first-order chi connectivity index (χ1) is 16.5. The van der Waals surface area contributed by atoms with E-state index in [9.17, 15) is 23.1 Å². The van der Waals surface area contributed by atoms with Gasteiger partial charge in [0.25, 0.3) is 11.7 Å². The minimum atomic E-state index is -3.95. The summed E-state index contributed by atoms with van der Waals surface area (Å²) in [6, 6.07) is 16.2. The lowest BCUT2D eigenvalue weighted by atomic mass is 9.94. The van der Waals surface area contributed by atoms with E-state index in [0.717, 1.165) is 10.0 Å². The molecule has 10 heteroatoms. The molecule has 0 aliphatic carbocycles. The van der Waals surface area contributed by atoms with Gasteiger partial charge in [-0.3, -0.25) is 14.5 Å². The number of methoxy groups -OCH3 is 1. The Balaban J connectivity index is 1.92. The van der Waals surface area contributed by atoms with Gasteiger partial charge < -0.3 is 9.84 Å². The molecule has 180 valence electrons. The van der Waals surface area contributed by atoms with Crippen LogP contribution < -0.4 is 14.8 Å². The van der Waals surface area contributed by atoms with Crippen LogP contribution in [0.1, 0.15) is 22.7 Å². The van der Waals surface area contributed by atoms with Gasteiger partial charge in [0.15, 0.2) is 0 Å². The van der Waals surface area contributed by atoms with Crippen LogP contribution in [-0.2, 0) is 19.6 Å². The van der Waals surface area contributed by atoms with Gasteiger partial charge in [-0.25, -0.2) is 13.6 Å². The zero-order valence-corrected chi connectivity index (χ0v) is 21.1. The normalized spacial score (nSPS) is 17.6. The van der Waals surface area contributed by atoms with Gasteiger partial charge in [0.05, 0.1) is 23.6 Å². The molecule has 1 aliphatic rings. The third-order valence-corrected chi connectivity index (χ3v) is 7.57. The Bertz CT molecular complexity index is 1460. The topological polar surface area (TPSA) is 127 Å². The molecule has 0 saturated carbocycles. The number of amides is 1. The molecular formula is C25H21BrN2O6S. The van der Waals surface area contributed by atoms with E-state index >= 15 is 0 Å². The molecule has 8 nitrogen and oxygen atoms in total. The lowest BCUT2D eigenvalue weighted by molar-refractivity contribution is -0.132. The molecule has 1 aliphatic heterocycles. The number of sulfonamides is 1. The molecular weight excluding hydrogens is 536 g/mol. The summed E-state index contributed by atoms with van der Waals surface area (Å²) in [6.07, 6.45) is 0. The monoisotopic (exact) mass is 556 g/mol. The zero-order chi connectivity index (χ0) is 25.5. The lowest BCUT2D eigenvalue weighted by Crippen LogP contribution is -2.29. The highest BCUT2D eigenvalue weighted by molar-refractivity contribution is 9.10. The molecule has 1 unspecified atom stereocenters. The molecule has 0 spiro atoms. The van der Waals surface area contributed by atoms with Crippen molar-refractivity contribution in [3.8, 4) is 5.75 Å². The van der Waals surface area contributed by atoms with Crippen molar-refractivity contribution >= 4 is 49.1 Å². The predicted molar refractivity (Wildman–Crippen MR) is 134 cm³/mol. The fraction of sp³-hybridized carbons (Fsp3) is 0.120. The summed E-state index contributed by atoms with van der Waals surface area (Å²) in [5, 5.41) is 16.4. The Morgan fingerprint density at radius 2 is 1.66 bits per heavy atom. The highest BCUT2D eigenvalue weighted by atomic mass is 79.9. The Kier molecular flexibility index (Phi) is 6.54. The van der Waals surface area contributed by atoms with Crippen LogP contribution in [0.2, 0.25) is 0 Å². The number of aryl methyl sites for hydroxylation is 1. The van der Waals surface area contributed by atoms with E-state index in [0.29, 0.717) is 16.9 Å². The van der Waals surface area contributed by atoms with Crippen molar-refractivity contribution in [3.05, 3.63) is 93.5 Å². The summed E-state index contributed by atoms with van der Waals surface area (Å²) in [4.78, 5) is 27.5. The van der Waals surface area contributed by atoms with E-state index in [1.54, 1.807) is 42.5 Å². The third-order valence-electron chi connectivity index (χ3n) is 5.75. The number of halogens is 1. The second-order valence-electron chi connectivity index (χ2n) is 7.95. The molecule has 0 bridgehead atoms. The van der Waals surface area contributed by atoms with Crippen LogP contribution in [0, 0.1) is 6.92 Å². The Labute approximate surface area is 210 Å². The molecule has 1 atom stereocenters. The number of hydrogen-bond acceptors (Lipinski definition) is 6. The minimum Gasteiger partial charge on any atom is -0.507 e. The Morgan fingerprint density at radius 1 is 1.03 bits per heavy atom. The number of carbonyl (C=O) groups excluding carboxylic acids is 2. The highest BCUT2D eigenvalue weighted by Gasteiger charge is 2.47. The second-order valence-corrected chi connectivity index (χ2v) is 10.4. The average molecular weight is 557 g/mol. The van der Waals surface area contributed by atoms with E-state index in [1.165, 1.54) is 36.3 Å². The van der Waals surface area contributed by atoms with Crippen molar-refractivity contribution in [2.24, 2.45) is 5.14 Å². The number of benzene rings is 3. The number of ketones is 1. The van der Waals surface area contributed by atoms with Crippen molar-refractivity contribution in [2.45, 2.75) is 17.9 Å². The first-order valence-electron chi connectivity index (χ1n) is 10.4. The van der Waals surface area contributed by atoms with Crippen LogP contribution in [0.15, 0.2) is 81.7 Å². The zero-order valence-electron chi connectivity index (χ0n) is 18.7. The fourth-order valence-corrected chi connectivity index (χ4v) is 4.71. The number of primary sulfonamides is 1. The number of aliphatic hydroxyl groups excluding tert-OH is 1. The maximum atomic E-state index is 13.2. The lowest BCUT2D eigenvalue weighted by Gasteiger charge is -2.25. The van der Waals surface area contributed by atoms with Gasteiger partial charge in [-0.1, -0.05) is 34.1 Å². The van der Waals surface area contributed by atoms with Crippen LogP contribution >= 0.6 is 15.9 Å². The maximum Gasteiger partial charge on any atom is 0.300 e. The summed E-state index contributed by atoms with van der Waals surface area (Å²) in [7, 11) is -2.43. The van der Waals surface area contributed by atoms with Crippen LogP contribution in [-0.4, -0.2) is 32.3 Å². The first kappa shape index (κ1) is 24.6. The van der Waals surface area contributed by atoms with Crippen LogP contribution in [0.5, 0.6) is 5.75 Å². The van der Waals surface area contributed by atoms with Gasteiger partial charge in [0.1, 0.15) is 11.5 Å². The molecule has 35 heavy (non-hydrogen) atoms. The molecule has 4 rings (SSSR count). The molecule has 1 fully saturated rings. The predicted octanol–water partition coefficient (Wildman–Crippen LogP) is 4.04. The molecule has 1 saturated heterocycles. The highest BCUT2D eigenvalue weighted by Crippen LogP contribution is 2.42. The second kappa shape index (κ2) is 9.29. The van der Waals surface area contributed by atoms with Crippen LogP contribution in [0.4, 0.5) is 5.69 Å². The standard InChI is InChI=1S/C25H21BrN2O6S/c1-14-13-16(5-12-20(14)26)23(29)21-22(15-3-8-18(34-2)9-4-15)28(25(31)24(21)30)17-6-10-19(11-7-17)35(27,32)33/h3-13,22,29H,1-2H3,(H2,27,32,33)/b23-21+. The Morgan fingerprint density at radius 3 is 2.20 bits per heavy atom. The number of aliphatic hydroxyl groups is 1. The van der Waals surface area contributed by atoms with Crippen molar-refractivity contribution in [1.82, 2.24) is 0 Å². The Hall–Kier alpha value is -3.47. The maximum absolute atomic E-state index is 13.2. The SMILES string of the molecule is COc1ccc(C2/C(=C(\O)c3ccc(Br)c(C)c3)C(=O)C(=O)N2c2ccc(S(N)(=O)=O)cc2)cc1. The average Bonchev–Trinajstić information content (AvgIpc) is 3.10. The number of nitrogens with two attached hydrogens (primary N) is 1. The molecule has 0 radical (unpaired) electrons. The van der Waals surface area contributed by atoms with Gasteiger partial charge in [0, 0.05) is 15.7 Å². The van der Waals surface area contributed by atoms with E-state index in [2.05, 4.69) is 15.9 Å². The van der Waals surface area contributed by atoms with Crippen molar-refractivity contribution in [1.29, 1.82) is 0 Å². The quantitative estimate of drug-likeness (QED) is 0.277. The van der Waals surface area contributed by atoms with Crippen LogP contribution in [0.25, 0.3) is 5.76 Å². The number of nitrogens with zero attached hydrogens (tertiary/aromatic N) is 1. The summed E-state index contributed by atoms with van der Waals surface area (Å²) in [6.45, 7) is 1.84. The molecule has 1 amide bonds. The van der Waals surface area contributed by atoms with Crippen molar-refractivity contribution < 1.29 is 27.9 Å². The summed E-state index contributed by atoms with van der Waals surface area (Å²) in [5.41, 5.74) is 1.95. The molecule has 3 aromatic carbocycles. The van der Waals surface area contributed by atoms with Gasteiger partial charge in [0.2, 0.25) is 10.0 Å². The number of rotatable bonds is 5. The van der Waals surface area contributed by atoms with Crippen LogP contribution in [0.3, 0.4) is 0 Å². The fourth-order valence-electron chi connectivity index (χ4n) is 3.94. The van der Waals surface area contributed by atoms with E-state index in [-0.39, 0.29) is 21.9 Å². The number of Topliss-reactive ketones (excluding diaryl/α,β-unsaturated/α-hetero) is 1. The van der Waals surface area contributed by atoms with E-state index in [4.69, 9.17) is 9.88 Å². The smallest absolute Gasteiger partial charge is 0.300 e. The first-order valence-corrected chi connectivity index (χ1v) is 12.7. The third kappa shape index (κ3) is 4.60. The van der Waals surface area contributed by atoms with Gasteiger partial charge in [-0.15, -0.1) is 0 Å². The largest absolute Gasteiger partial charge is 0.507 e. The molecule has 1 heterocycles. The van der Waals surface area contributed by atoms with Crippen molar-refractivity contribution in [2.75, 3.05) is 12.0 Å². The summed E-state index contributed by atoms with van der Waals surface area (Å²) < 4.78 is 29.4. The molecule has 3 N–H and O–H groups in total. The number of anilines is 1. The number of carbonyl (C=O) groups is 2. The summed E-state index contributed by atoms with van der Waals surface area (Å²) in [5.74, 6) is -1.46. The molecule has 3 aromatic rings. The van der Waals surface area contributed by atoms with Gasteiger partial charge >= 0.3 is 0 Å². The number of ether oxygens (including phenoxy) is 1. The number of hydrogen-bond donors (Lipinski definition) is 2. The van der Waals surface area contributed by atoms with E-state index in [1.807, 2.05) is 6.92 Å².